The van der Waals surface area contributed by atoms with Gasteiger partial charge in [-0.3, -0.25) is 14.6 Å². The Morgan fingerprint density at radius 3 is 2.47 bits per heavy atom. The fraction of sp³-hybridized carbons (Fsp3) is 0.345. The van der Waals surface area contributed by atoms with E-state index in [4.69, 9.17) is 23.2 Å². The Bertz CT molecular complexity index is 1190. The minimum atomic E-state index is -0.809. The Hall–Kier alpha value is -2.73. The summed E-state index contributed by atoms with van der Waals surface area (Å²) in [6.45, 7) is 2.53. The van der Waals surface area contributed by atoms with Gasteiger partial charge < -0.3 is 10.4 Å². The number of hydrogen-bond donors (Lipinski definition) is 2. The van der Waals surface area contributed by atoms with E-state index >= 15 is 0 Å². The van der Waals surface area contributed by atoms with E-state index in [9.17, 15) is 14.7 Å². The van der Waals surface area contributed by atoms with E-state index in [1.807, 2.05) is 73.7 Å². The topological polar surface area (TPSA) is 79.3 Å². The third-order valence-corrected chi connectivity index (χ3v) is 7.63. The van der Waals surface area contributed by atoms with Crippen molar-refractivity contribution in [3.05, 3.63) is 99.8 Å². The quantitative estimate of drug-likeness (QED) is 0.340. The number of hydrogen-bond acceptors (Lipinski definition) is 4. The summed E-state index contributed by atoms with van der Waals surface area (Å²) < 4.78 is 0. The molecule has 2 unspecified atom stereocenters. The molecular weight excluding hydrogens is 495 g/mol. The second-order valence-electron chi connectivity index (χ2n) is 9.62. The average Bonchev–Trinajstić information content (AvgIpc) is 2.86. The van der Waals surface area contributed by atoms with Gasteiger partial charge in [0.05, 0.1) is 0 Å². The number of carbonyl (C=O) groups is 2. The number of carbonyl (C=O) groups excluding carboxylic acids is 1. The van der Waals surface area contributed by atoms with Gasteiger partial charge in [0.15, 0.2) is 0 Å². The van der Waals surface area contributed by atoms with Crippen molar-refractivity contribution in [1.82, 2.24) is 10.3 Å². The normalized spacial score (nSPS) is 21.5. The number of aromatic nitrogens is 1. The van der Waals surface area contributed by atoms with Crippen molar-refractivity contribution in [2.45, 2.75) is 44.1 Å². The summed E-state index contributed by atoms with van der Waals surface area (Å²) in [7, 11) is 0. The molecule has 0 saturated carbocycles. The fourth-order valence-electron chi connectivity index (χ4n) is 5.32. The van der Waals surface area contributed by atoms with Gasteiger partial charge >= 0.3 is 5.97 Å². The third-order valence-electron chi connectivity index (χ3n) is 7.15. The highest BCUT2D eigenvalue weighted by atomic mass is 35.5. The number of carboxylic acids is 1. The lowest BCUT2D eigenvalue weighted by atomic mass is 9.75. The molecule has 2 N–H and O–H groups in total. The zero-order valence-corrected chi connectivity index (χ0v) is 21.6. The molecule has 5 atom stereocenters. The predicted octanol–water partition coefficient (Wildman–Crippen LogP) is 6.35. The highest BCUT2D eigenvalue weighted by Crippen LogP contribution is 2.37. The van der Waals surface area contributed by atoms with Gasteiger partial charge in [0, 0.05) is 58.6 Å². The highest BCUT2D eigenvalue weighted by Gasteiger charge is 2.36. The van der Waals surface area contributed by atoms with Gasteiger partial charge in [-0.25, -0.2) is 0 Å². The largest absolute Gasteiger partial charge is 0.481 e. The van der Waals surface area contributed by atoms with Crippen LogP contribution in [0.15, 0.2) is 72.9 Å². The van der Waals surface area contributed by atoms with Crippen LogP contribution in [0.3, 0.4) is 0 Å². The Morgan fingerprint density at radius 2 is 1.81 bits per heavy atom. The van der Waals surface area contributed by atoms with Crippen molar-refractivity contribution >= 4 is 35.0 Å². The van der Waals surface area contributed by atoms with Crippen molar-refractivity contribution in [2.75, 3.05) is 6.54 Å². The van der Waals surface area contributed by atoms with Gasteiger partial charge in [0.2, 0.25) is 0 Å². The number of halogens is 2. The lowest BCUT2D eigenvalue weighted by molar-refractivity contribution is -0.138. The van der Waals surface area contributed by atoms with E-state index in [2.05, 4.69) is 10.3 Å². The first-order valence-corrected chi connectivity index (χ1v) is 13.0. The van der Waals surface area contributed by atoms with Crippen LogP contribution in [0.25, 0.3) is 0 Å². The van der Waals surface area contributed by atoms with Crippen LogP contribution < -0.4 is 5.32 Å². The number of Topliss-reactive ketones (excluding diaryl/α,β-unsaturated/α-hetero) is 1. The lowest BCUT2D eigenvalue weighted by Crippen LogP contribution is -2.46. The number of pyridine rings is 1. The smallest absolute Gasteiger partial charge is 0.303 e. The Balaban J connectivity index is 1.58. The highest BCUT2D eigenvalue weighted by molar-refractivity contribution is 6.30. The maximum atomic E-state index is 13.8. The molecule has 0 amide bonds. The van der Waals surface area contributed by atoms with Crippen molar-refractivity contribution in [3.8, 4) is 0 Å². The third kappa shape index (κ3) is 6.52. The molecule has 4 rings (SSSR count). The van der Waals surface area contributed by atoms with Crippen molar-refractivity contribution < 1.29 is 14.7 Å². The van der Waals surface area contributed by atoms with Gasteiger partial charge in [0.25, 0.3) is 0 Å². The molecule has 2 heterocycles. The van der Waals surface area contributed by atoms with Gasteiger partial charge in [-0.1, -0.05) is 60.5 Å². The Labute approximate surface area is 221 Å². The fourth-order valence-corrected chi connectivity index (χ4v) is 5.65. The monoisotopic (exact) mass is 524 g/mol. The number of piperidine rings is 1. The molecule has 1 aliphatic heterocycles. The van der Waals surface area contributed by atoms with E-state index in [-0.39, 0.29) is 41.9 Å². The molecule has 2 aromatic carbocycles. The molecule has 0 spiro atoms. The number of carboxylic acid groups (broad SMARTS) is 1. The van der Waals surface area contributed by atoms with Gasteiger partial charge in [-0.2, -0.15) is 0 Å². The van der Waals surface area contributed by atoms with E-state index < -0.39 is 5.97 Å². The Kier molecular flexibility index (Phi) is 8.78. The van der Waals surface area contributed by atoms with Crippen molar-refractivity contribution in [1.29, 1.82) is 0 Å². The molecule has 0 radical (unpaired) electrons. The predicted molar refractivity (Wildman–Crippen MR) is 143 cm³/mol. The molecule has 1 aromatic heterocycles. The molecular formula is C29H30Cl2N2O3. The van der Waals surface area contributed by atoms with Crippen molar-refractivity contribution in [3.63, 3.8) is 0 Å². The minimum absolute atomic E-state index is 0.00871. The number of ketones is 1. The van der Waals surface area contributed by atoms with Crippen LogP contribution in [0, 0.1) is 11.8 Å². The first-order chi connectivity index (χ1) is 17.3. The summed E-state index contributed by atoms with van der Waals surface area (Å²) in [6, 6.07) is 20.9. The molecule has 1 aliphatic rings. The molecule has 1 saturated heterocycles. The summed E-state index contributed by atoms with van der Waals surface area (Å²) in [5.74, 6) is -1.23. The maximum absolute atomic E-state index is 13.8. The second-order valence-corrected chi connectivity index (χ2v) is 10.5. The molecule has 1 fully saturated rings. The van der Waals surface area contributed by atoms with E-state index in [1.165, 1.54) is 0 Å². The average molecular weight is 525 g/mol. The zero-order chi connectivity index (χ0) is 25.7. The van der Waals surface area contributed by atoms with Crippen LogP contribution in [0.1, 0.15) is 54.8 Å². The lowest BCUT2D eigenvalue weighted by Gasteiger charge is -2.38. The number of rotatable bonds is 9. The standard InChI is InChI=1S/C29H30Cl2N2O3/c1-18(29(25-7-2-3-12-32-25)20-8-10-22(30)11-9-20)27(34)16-26-24(21-5-4-6-23(31)15-21)13-19(17-33-26)14-28(35)36/h2-12,15,18-19,24,26,29,33H,13-14,16-17H2,1H3,(H,35,36)/t18?,19-,24-,26+,29?/m1/s1. The number of nitrogens with zero attached hydrogens (tertiary/aromatic N) is 1. The summed E-state index contributed by atoms with van der Waals surface area (Å²) >= 11 is 12.4. The van der Waals surface area contributed by atoms with Crippen LogP contribution in [-0.2, 0) is 9.59 Å². The number of nitrogens with one attached hydrogen (secondary N) is 1. The molecule has 0 aliphatic carbocycles. The summed E-state index contributed by atoms with van der Waals surface area (Å²) in [4.78, 5) is 29.7. The molecule has 36 heavy (non-hydrogen) atoms. The van der Waals surface area contributed by atoms with Crippen molar-refractivity contribution in [2.24, 2.45) is 11.8 Å². The first-order valence-electron chi connectivity index (χ1n) is 12.2. The Morgan fingerprint density at radius 1 is 1.03 bits per heavy atom. The van der Waals surface area contributed by atoms with Gasteiger partial charge in [-0.15, -0.1) is 0 Å². The van der Waals surface area contributed by atoms with Crippen LogP contribution >= 0.6 is 23.2 Å². The minimum Gasteiger partial charge on any atom is -0.481 e. The maximum Gasteiger partial charge on any atom is 0.303 e. The summed E-state index contributed by atoms with van der Waals surface area (Å²) in [5, 5.41) is 14.1. The SMILES string of the molecule is CC(C(=O)C[C@@H]1NC[C@@H](CC(=O)O)C[C@@H]1c1cccc(Cl)c1)C(c1ccc(Cl)cc1)c1ccccn1. The summed E-state index contributed by atoms with van der Waals surface area (Å²) in [6.07, 6.45) is 2.86. The zero-order valence-electron chi connectivity index (χ0n) is 20.1. The molecule has 7 heteroatoms. The van der Waals surface area contributed by atoms with Crippen LogP contribution in [0.5, 0.6) is 0 Å². The molecule has 0 bridgehead atoms. The first kappa shape index (κ1) is 26.3. The number of benzene rings is 2. The van der Waals surface area contributed by atoms with Crippen LogP contribution in [0.2, 0.25) is 10.0 Å². The van der Waals surface area contributed by atoms with E-state index in [0.29, 0.717) is 29.4 Å². The van der Waals surface area contributed by atoms with E-state index in [1.54, 1.807) is 6.20 Å². The molecule has 5 nitrogen and oxygen atoms in total. The van der Waals surface area contributed by atoms with Gasteiger partial charge in [-0.05, 0) is 66.4 Å². The van der Waals surface area contributed by atoms with Crippen LogP contribution in [0.4, 0.5) is 0 Å². The molecule has 188 valence electrons. The second kappa shape index (κ2) is 12.0. The number of aliphatic carboxylic acids is 1. The molecule has 3 aromatic rings. The van der Waals surface area contributed by atoms with E-state index in [0.717, 1.165) is 16.8 Å². The van der Waals surface area contributed by atoms with Crippen LogP contribution in [-0.4, -0.2) is 34.4 Å². The summed E-state index contributed by atoms with van der Waals surface area (Å²) in [5.41, 5.74) is 2.85. The van der Waals surface area contributed by atoms with Gasteiger partial charge in [0.1, 0.15) is 5.78 Å².